The fraction of sp³-hybridized carbons (Fsp3) is 0. The van der Waals surface area contributed by atoms with Crippen LogP contribution in [-0.4, -0.2) is 0 Å². The summed E-state index contributed by atoms with van der Waals surface area (Å²) >= 11 is 9.16. The Hall–Kier alpha value is -1.70. The molecule has 0 spiro atoms. The zero-order valence-corrected chi connectivity index (χ0v) is 11.6. The Morgan fingerprint density at radius 1 is 1.17 bits per heavy atom. The number of nitrogens with two attached hydrogens (primary N) is 1. The topological polar surface area (TPSA) is 61.8 Å². The van der Waals surface area contributed by atoms with E-state index in [0.717, 1.165) is 10.2 Å². The van der Waals surface area contributed by atoms with Crippen LogP contribution in [-0.2, 0) is 0 Å². The summed E-state index contributed by atoms with van der Waals surface area (Å²) in [6, 6.07) is 12.7. The first-order valence-electron chi connectivity index (χ1n) is 5.12. The monoisotopic (exact) mass is 321 g/mol. The molecule has 0 heterocycles. The van der Waals surface area contributed by atoms with Crippen molar-refractivity contribution in [2.75, 3.05) is 11.1 Å². The van der Waals surface area contributed by atoms with Gasteiger partial charge in [-0.1, -0.05) is 27.5 Å². The molecule has 2 aromatic carbocycles. The molecule has 0 aliphatic heterocycles. The lowest BCUT2D eigenvalue weighted by molar-refractivity contribution is 1.45. The van der Waals surface area contributed by atoms with E-state index in [1.54, 1.807) is 24.3 Å². The maximum Gasteiger partial charge on any atom is 0.101 e. The van der Waals surface area contributed by atoms with E-state index in [0.29, 0.717) is 22.0 Å². The number of nitrogen functional groups attached to an aromatic ring is 1. The van der Waals surface area contributed by atoms with E-state index < -0.39 is 0 Å². The number of halogens is 2. The standard InChI is InChI=1S/C13H9BrClN3/c14-9-1-3-12(8(5-9)7-16)18-13-4-2-10(15)6-11(13)17/h1-6,18H,17H2. The van der Waals surface area contributed by atoms with Crippen LogP contribution in [0.4, 0.5) is 17.1 Å². The zero-order valence-electron chi connectivity index (χ0n) is 9.24. The van der Waals surface area contributed by atoms with E-state index in [4.69, 9.17) is 22.6 Å². The van der Waals surface area contributed by atoms with Gasteiger partial charge in [-0.05, 0) is 36.4 Å². The smallest absolute Gasteiger partial charge is 0.101 e. The number of anilines is 3. The van der Waals surface area contributed by atoms with Crippen molar-refractivity contribution in [1.82, 2.24) is 0 Å². The van der Waals surface area contributed by atoms with Crippen LogP contribution in [0.15, 0.2) is 40.9 Å². The lowest BCUT2D eigenvalue weighted by Gasteiger charge is -2.11. The molecule has 0 fully saturated rings. The van der Waals surface area contributed by atoms with Crippen LogP contribution in [0, 0.1) is 11.3 Å². The minimum atomic E-state index is 0.536. The minimum Gasteiger partial charge on any atom is -0.397 e. The van der Waals surface area contributed by atoms with Gasteiger partial charge in [-0.3, -0.25) is 0 Å². The lowest BCUT2D eigenvalue weighted by atomic mass is 10.2. The lowest BCUT2D eigenvalue weighted by Crippen LogP contribution is -1.98. The highest BCUT2D eigenvalue weighted by Crippen LogP contribution is 2.28. The number of nitrogens with one attached hydrogen (secondary N) is 1. The number of hydrogen-bond donors (Lipinski definition) is 2. The molecular weight excluding hydrogens is 314 g/mol. The van der Waals surface area contributed by atoms with Crippen molar-refractivity contribution in [3.05, 3.63) is 51.5 Å². The highest BCUT2D eigenvalue weighted by atomic mass is 79.9. The Morgan fingerprint density at radius 2 is 1.89 bits per heavy atom. The van der Waals surface area contributed by atoms with Crippen LogP contribution in [0.25, 0.3) is 0 Å². The van der Waals surface area contributed by atoms with Gasteiger partial charge in [0.25, 0.3) is 0 Å². The van der Waals surface area contributed by atoms with Gasteiger partial charge in [0.2, 0.25) is 0 Å². The molecule has 0 unspecified atom stereocenters. The Kier molecular flexibility index (Phi) is 3.75. The molecule has 0 radical (unpaired) electrons. The number of rotatable bonds is 2. The van der Waals surface area contributed by atoms with Gasteiger partial charge < -0.3 is 11.1 Å². The molecule has 0 aromatic heterocycles. The third-order valence-electron chi connectivity index (χ3n) is 2.39. The minimum absolute atomic E-state index is 0.536. The molecule has 0 aliphatic rings. The summed E-state index contributed by atoms with van der Waals surface area (Å²) in [5.41, 5.74) is 8.35. The predicted octanol–water partition coefficient (Wildman–Crippen LogP) is 4.30. The Labute approximate surface area is 118 Å². The normalized spacial score (nSPS) is 9.83. The fourth-order valence-electron chi connectivity index (χ4n) is 1.51. The molecule has 0 aliphatic carbocycles. The summed E-state index contributed by atoms with van der Waals surface area (Å²) in [6.07, 6.45) is 0. The molecular formula is C13H9BrClN3. The second-order valence-corrected chi connectivity index (χ2v) is 5.01. The Morgan fingerprint density at radius 3 is 2.56 bits per heavy atom. The molecule has 2 rings (SSSR count). The number of nitrogens with zero attached hydrogens (tertiary/aromatic N) is 1. The number of nitriles is 1. The predicted molar refractivity (Wildman–Crippen MR) is 78.0 cm³/mol. The molecule has 18 heavy (non-hydrogen) atoms. The molecule has 0 amide bonds. The quantitative estimate of drug-likeness (QED) is 0.810. The Balaban J connectivity index is 2.37. The summed E-state index contributed by atoms with van der Waals surface area (Å²) in [7, 11) is 0. The summed E-state index contributed by atoms with van der Waals surface area (Å²) in [5, 5.41) is 12.8. The average molecular weight is 323 g/mol. The van der Waals surface area contributed by atoms with Crippen molar-refractivity contribution in [2.45, 2.75) is 0 Å². The van der Waals surface area contributed by atoms with Crippen LogP contribution in [0.2, 0.25) is 5.02 Å². The fourth-order valence-corrected chi connectivity index (χ4v) is 2.05. The van der Waals surface area contributed by atoms with Gasteiger partial charge in [-0.2, -0.15) is 5.26 Å². The van der Waals surface area contributed by atoms with Crippen LogP contribution < -0.4 is 11.1 Å². The maximum absolute atomic E-state index is 9.07. The molecule has 2 aromatic rings. The summed E-state index contributed by atoms with van der Waals surface area (Å²) in [6.45, 7) is 0. The molecule has 5 heteroatoms. The molecule has 0 bridgehead atoms. The highest BCUT2D eigenvalue weighted by Gasteiger charge is 2.05. The van der Waals surface area contributed by atoms with Gasteiger partial charge in [-0.15, -0.1) is 0 Å². The summed E-state index contributed by atoms with van der Waals surface area (Å²) in [4.78, 5) is 0. The summed E-state index contributed by atoms with van der Waals surface area (Å²) in [5.74, 6) is 0. The first-order valence-corrected chi connectivity index (χ1v) is 6.29. The van der Waals surface area contributed by atoms with Crippen molar-refractivity contribution >= 4 is 44.6 Å². The van der Waals surface area contributed by atoms with E-state index in [1.807, 2.05) is 12.1 Å². The van der Waals surface area contributed by atoms with E-state index in [-0.39, 0.29) is 0 Å². The van der Waals surface area contributed by atoms with Crippen molar-refractivity contribution in [1.29, 1.82) is 5.26 Å². The van der Waals surface area contributed by atoms with Gasteiger partial charge in [-0.25, -0.2) is 0 Å². The van der Waals surface area contributed by atoms with E-state index in [2.05, 4.69) is 27.3 Å². The molecule has 90 valence electrons. The maximum atomic E-state index is 9.07. The molecule has 3 N–H and O–H groups in total. The molecule has 0 atom stereocenters. The summed E-state index contributed by atoms with van der Waals surface area (Å²) < 4.78 is 0.855. The van der Waals surface area contributed by atoms with E-state index in [1.165, 1.54) is 0 Å². The van der Waals surface area contributed by atoms with Crippen LogP contribution >= 0.6 is 27.5 Å². The Bertz CT molecular complexity index is 635. The first-order chi connectivity index (χ1) is 8.60. The SMILES string of the molecule is N#Cc1cc(Br)ccc1Nc1ccc(Cl)cc1N. The van der Waals surface area contributed by atoms with Crippen LogP contribution in [0.1, 0.15) is 5.56 Å². The van der Waals surface area contributed by atoms with Gasteiger partial charge in [0, 0.05) is 9.50 Å². The van der Waals surface area contributed by atoms with Gasteiger partial charge in [0.15, 0.2) is 0 Å². The van der Waals surface area contributed by atoms with Crippen molar-refractivity contribution in [2.24, 2.45) is 0 Å². The number of benzene rings is 2. The second kappa shape index (κ2) is 5.30. The second-order valence-electron chi connectivity index (χ2n) is 3.66. The number of hydrogen-bond acceptors (Lipinski definition) is 3. The molecule has 0 saturated heterocycles. The molecule has 0 saturated carbocycles. The van der Waals surface area contributed by atoms with Crippen molar-refractivity contribution in [3.8, 4) is 6.07 Å². The average Bonchev–Trinajstić information content (AvgIpc) is 2.34. The van der Waals surface area contributed by atoms with Crippen molar-refractivity contribution < 1.29 is 0 Å². The van der Waals surface area contributed by atoms with E-state index >= 15 is 0 Å². The van der Waals surface area contributed by atoms with Crippen LogP contribution in [0.3, 0.4) is 0 Å². The highest BCUT2D eigenvalue weighted by molar-refractivity contribution is 9.10. The van der Waals surface area contributed by atoms with Gasteiger partial charge >= 0.3 is 0 Å². The zero-order chi connectivity index (χ0) is 13.1. The first kappa shape index (κ1) is 12.7. The third-order valence-corrected chi connectivity index (χ3v) is 3.11. The van der Waals surface area contributed by atoms with Gasteiger partial charge in [0.1, 0.15) is 6.07 Å². The van der Waals surface area contributed by atoms with Gasteiger partial charge in [0.05, 0.1) is 22.6 Å². The van der Waals surface area contributed by atoms with E-state index in [9.17, 15) is 0 Å². The molecule has 3 nitrogen and oxygen atoms in total. The third kappa shape index (κ3) is 2.76. The van der Waals surface area contributed by atoms with Crippen LogP contribution in [0.5, 0.6) is 0 Å². The van der Waals surface area contributed by atoms with Crippen molar-refractivity contribution in [3.63, 3.8) is 0 Å². The largest absolute Gasteiger partial charge is 0.397 e.